The van der Waals surface area contributed by atoms with Gasteiger partial charge in [0.05, 0.1) is 4.90 Å². The summed E-state index contributed by atoms with van der Waals surface area (Å²) in [5.74, 6) is 0.515. The van der Waals surface area contributed by atoms with Crippen LogP contribution in [-0.4, -0.2) is 35.7 Å². The molecular formula is C15H21NO4S3. The van der Waals surface area contributed by atoms with Crippen LogP contribution in [0.15, 0.2) is 29.2 Å². The summed E-state index contributed by atoms with van der Waals surface area (Å²) in [7, 11) is -3.73. The number of carbonyl (C=O) groups excluding carboxylic acids is 2. The molecule has 0 unspecified atom stereocenters. The SMILES string of the molecule is CC(=O)SCC(C)(CSC(C)=O)NS(=O)(=O)c1ccc(C)cc1. The van der Waals surface area contributed by atoms with Crippen LogP contribution in [0.25, 0.3) is 0 Å². The molecule has 0 saturated heterocycles. The summed E-state index contributed by atoms with van der Waals surface area (Å²) in [5.41, 5.74) is 0.0575. The summed E-state index contributed by atoms with van der Waals surface area (Å²) in [6, 6.07) is 6.52. The van der Waals surface area contributed by atoms with E-state index in [2.05, 4.69) is 4.72 Å². The van der Waals surface area contributed by atoms with Gasteiger partial charge in [-0.3, -0.25) is 9.59 Å². The van der Waals surface area contributed by atoms with Gasteiger partial charge in [-0.15, -0.1) is 0 Å². The average molecular weight is 376 g/mol. The number of aryl methyl sites for hydroxylation is 1. The van der Waals surface area contributed by atoms with Gasteiger partial charge in [-0.1, -0.05) is 41.2 Å². The number of thioether (sulfide) groups is 2. The minimum Gasteiger partial charge on any atom is -0.288 e. The zero-order valence-corrected chi connectivity index (χ0v) is 16.0. The highest BCUT2D eigenvalue weighted by atomic mass is 32.2. The third-order valence-electron chi connectivity index (χ3n) is 2.90. The van der Waals surface area contributed by atoms with Crippen LogP contribution in [0.2, 0.25) is 0 Å². The first-order valence-electron chi connectivity index (χ1n) is 6.91. The normalized spacial score (nSPS) is 12.2. The van der Waals surface area contributed by atoms with Crippen LogP contribution in [0.5, 0.6) is 0 Å². The molecule has 1 N–H and O–H groups in total. The molecule has 0 saturated carbocycles. The maximum atomic E-state index is 12.5. The maximum absolute atomic E-state index is 12.5. The van der Waals surface area contributed by atoms with Crippen molar-refractivity contribution in [3.05, 3.63) is 29.8 Å². The highest BCUT2D eigenvalue weighted by Gasteiger charge is 2.32. The summed E-state index contributed by atoms with van der Waals surface area (Å²) in [5, 5.41) is -0.197. The third kappa shape index (κ3) is 7.07. The number of hydrogen-bond donors (Lipinski definition) is 1. The van der Waals surface area contributed by atoms with Crippen LogP contribution in [0.3, 0.4) is 0 Å². The van der Waals surface area contributed by atoms with Crippen LogP contribution in [0.1, 0.15) is 26.3 Å². The molecule has 23 heavy (non-hydrogen) atoms. The van der Waals surface area contributed by atoms with E-state index in [0.29, 0.717) is 0 Å². The lowest BCUT2D eigenvalue weighted by molar-refractivity contribution is -0.109. The molecule has 0 heterocycles. The van der Waals surface area contributed by atoms with Crippen molar-refractivity contribution in [1.29, 1.82) is 0 Å². The van der Waals surface area contributed by atoms with Crippen molar-refractivity contribution in [3.63, 3.8) is 0 Å². The molecule has 0 radical (unpaired) electrons. The minimum atomic E-state index is -3.73. The van der Waals surface area contributed by atoms with Crippen LogP contribution < -0.4 is 4.72 Å². The number of sulfonamides is 1. The summed E-state index contributed by atoms with van der Waals surface area (Å²) in [6.07, 6.45) is 0. The highest BCUT2D eigenvalue weighted by molar-refractivity contribution is 8.14. The lowest BCUT2D eigenvalue weighted by Gasteiger charge is -2.29. The first-order chi connectivity index (χ1) is 10.5. The maximum Gasteiger partial charge on any atom is 0.241 e. The second-order valence-electron chi connectivity index (χ2n) is 5.54. The fraction of sp³-hybridized carbons (Fsp3) is 0.467. The molecule has 1 rings (SSSR count). The topological polar surface area (TPSA) is 80.3 Å². The standard InChI is InChI=1S/C15H21NO4S3/c1-11-5-7-14(8-6-11)23(19,20)16-15(4,9-21-12(2)17)10-22-13(3)18/h5-8,16H,9-10H2,1-4H3. The van der Waals surface area contributed by atoms with E-state index in [4.69, 9.17) is 0 Å². The molecule has 8 heteroatoms. The Balaban J connectivity index is 2.99. The van der Waals surface area contributed by atoms with Crippen LogP contribution in [-0.2, 0) is 19.6 Å². The van der Waals surface area contributed by atoms with Crippen molar-refractivity contribution in [2.75, 3.05) is 11.5 Å². The first kappa shape index (κ1) is 20.2. The predicted octanol–water partition coefficient (Wildman–Crippen LogP) is 2.59. The largest absolute Gasteiger partial charge is 0.288 e. The molecule has 5 nitrogen and oxygen atoms in total. The zero-order chi connectivity index (χ0) is 17.7. The molecule has 1 aromatic carbocycles. The molecule has 0 aliphatic heterocycles. The predicted molar refractivity (Wildman–Crippen MR) is 96.2 cm³/mol. The lowest BCUT2D eigenvalue weighted by Crippen LogP contribution is -2.50. The van der Waals surface area contributed by atoms with Crippen molar-refractivity contribution < 1.29 is 18.0 Å². The molecule has 0 aliphatic rings. The summed E-state index contributed by atoms with van der Waals surface area (Å²) in [6.45, 7) is 6.43. The quantitative estimate of drug-likeness (QED) is 0.789. The Morgan fingerprint density at radius 3 is 1.87 bits per heavy atom. The fourth-order valence-electron chi connectivity index (χ4n) is 1.72. The van der Waals surface area contributed by atoms with E-state index >= 15 is 0 Å². The van der Waals surface area contributed by atoms with Gasteiger partial charge < -0.3 is 0 Å². The Hall–Kier alpha value is -0.830. The third-order valence-corrected chi connectivity index (χ3v) is 6.93. The Morgan fingerprint density at radius 1 is 1.04 bits per heavy atom. The number of benzene rings is 1. The lowest BCUT2D eigenvalue weighted by atomic mass is 10.1. The van der Waals surface area contributed by atoms with Crippen molar-refractivity contribution in [3.8, 4) is 0 Å². The Bertz CT molecular complexity index is 650. The van der Waals surface area contributed by atoms with E-state index in [-0.39, 0.29) is 26.6 Å². The van der Waals surface area contributed by atoms with Gasteiger partial charge in [0.15, 0.2) is 10.2 Å². The Kier molecular flexibility index (Phi) is 7.31. The Morgan fingerprint density at radius 2 is 1.48 bits per heavy atom. The zero-order valence-electron chi connectivity index (χ0n) is 13.6. The fourth-order valence-corrected chi connectivity index (χ4v) is 4.83. The van der Waals surface area contributed by atoms with Gasteiger partial charge in [-0.2, -0.15) is 0 Å². The van der Waals surface area contributed by atoms with Gasteiger partial charge in [0.25, 0.3) is 0 Å². The second-order valence-corrected chi connectivity index (χ2v) is 9.53. The monoisotopic (exact) mass is 375 g/mol. The summed E-state index contributed by atoms with van der Waals surface area (Å²) in [4.78, 5) is 22.6. The van der Waals surface area contributed by atoms with Gasteiger partial charge >= 0.3 is 0 Å². The number of nitrogens with one attached hydrogen (secondary N) is 1. The minimum absolute atomic E-state index is 0.0985. The van der Waals surface area contributed by atoms with Crippen molar-refractivity contribution in [1.82, 2.24) is 4.72 Å². The van der Waals surface area contributed by atoms with Gasteiger partial charge in [0.2, 0.25) is 10.0 Å². The molecular weight excluding hydrogens is 354 g/mol. The molecule has 128 valence electrons. The number of rotatable bonds is 7. The average Bonchev–Trinajstić information content (AvgIpc) is 2.43. The van der Waals surface area contributed by atoms with E-state index in [1.807, 2.05) is 6.92 Å². The van der Waals surface area contributed by atoms with Crippen LogP contribution in [0.4, 0.5) is 0 Å². The molecule has 0 fully saturated rings. The molecule has 0 bridgehead atoms. The van der Waals surface area contributed by atoms with Crippen molar-refractivity contribution in [2.45, 2.75) is 38.1 Å². The molecule has 0 spiro atoms. The van der Waals surface area contributed by atoms with Gasteiger partial charge in [-0.25, -0.2) is 13.1 Å². The van der Waals surface area contributed by atoms with Gasteiger partial charge in [0.1, 0.15) is 0 Å². The smallest absolute Gasteiger partial charge is 0.241 e. The summed E-state index contributed by atoms with van der Waals surface area (Å²) < 4.78 is 27.7. The van der Waals surface area contributed by atoms with E-state index < -0.39 is 15.6 Å². The molecule has 0 amide bonds. The van der Waals surface area contributed by atoms with Crippen molar-refractivity contribution in [2.24, 2.45) is 0 Å². The van der Waals surface area contributed by atoms with Gasteiger partial charge in [-0.05, 0) is 26.0 Å². The molecule has 0 aromatic heterocycles. The number of carbonyl (C=O) groups is 2. The van der Waals surface area contributed by atoms with Gasteiger partial charge in [0, 0.05) is 30.9 Å². The summed E-state index contributed by atoms with van der Waals surface area (Å²) >= 11 is 2.08. The van der Waals surface area contributed by atoms with Crippen LogP contribution in [0, 0.1) is 6.92 Å². The van der Waals surface area contributed by atoms with Crippen LogP contribution >= 0.6 is 23.5 Å². The Labute approximate surface area is 146 Å². The second kappa shape index (κ2) is 8.32. The first-order valence-corrected chi connectivity index (χ1v) is 10.4. The van der Waals surface area contributed by atoms with E-state index in [1.165, 1.54) is 26.0 Å². The van der Waals surface area contributed by atoms with E-state index in [9.17, 15) is 18.0 Å². The molecule has 0 atom stereocenters. The highest BCUT2D eigenvalue weighted by Crippen LogP contribution is 2.23. The van der Waals surface area contributed by atoms with E-state index in [1.54, 1.807) is 19.1 Å². The number of hydrogen-bond acceptors (Lipinski definition) is 6. The van der Waals surface area contributed by atoms with E-state index in [0.717, 1.165) is 29.1 Å². The molecule has 1 aromatic rings. The van der Waals surface area contributed by atoms with Crippen molar-refractivity contribution >= 4 is 43.8 Å². The molecule has 0 aliphatic carbocycles.